The first-order chi connectivity index (χ1) is 13.0. The third kappa shape index (κ3) is 4.19. The van der Waals surface area contributed by atoms with Crippen molar-refractivity contribution in [2.45, 2.75) is 13.0 Å². The van der Waals surface area contributed by atoms with Crippen molar-refractivity contribution in [2.75, 3.05) is 33.9 Å². The average Bonchev–Trinajstić information content (AvgIpc) is 2.67. The van der Waals surface area contributed by atoms with Gasteiger partial charge in [-0.15, -0.1) is 0 Å². The Bertz CT molecular complexity index is 825. The molecule has 3 rings (SSSR count). The SMILES string of the molecule is CCOC[C@@H]1COc2ccc(-c3cccnc3F)cc2[C@@H]1N=C(N)N(C)C. The molecule has 0 radical (unpaired) electrons. The summed E-state index contributed by atoms with van der Waals surface area (Å²) in [5, 5.41) is 0. The fourth-order valence-electron chi connectivity index (χ4n) is 3.06. The molecule has 2 atom stereocenters. The summed E-state index contributed by atoms with van der Waals surface area (Å²) >= 11 is 0. The molecule has 0 bridgehead atoms. The average molecular weight is 372 g/mol. The van der Waals surface area contributed by atoms with Crippen LogP contribution in [-0.2, 0) is 4.74 Å². The van der Waals surface area contributed by atoms with E-state index in [4.69, 9.17) is 20.2 Å². The van der Waals surface area contributed by atoms with E-state index in [9.17, 15) is 4.39 Å². The lowest BCUT2D eigenvalue weighted by Crippen LogP contribution is -2.35. The van der Waals surface area contributed by atoms with Crippen molar-refractivity contribution in [3.8, 4) is 16.9 Å². The van der Waals surface area contributed by atoms with E-state index in [1.807, 2.05) is 39.2 Å². The van der Waals surface area contributed by atoms with E-state index >= 15 is 0 Å². The minimum atomic E-state index is -0.507. The fourth-order valence-corrected chi connectivity index (χ4v) is 3.06. The van der Waals surface area contributed by atoms with E-state index in [0.29, 0.717) is 31.3 Å². The third-order valence-electron chi connectivity index (χ3n) is 4.56. The highest BCUT2D eigenvalue weighted by Crippen LogP contribution is 2.40. The summed E-state index contributed by atoms with van der Waals surface area (Å²) < 4.78 is 25.7. The predicted molar refractivity (Wildman–Crippen MR) is 103 cm³/mol. The van der Waals surface area contributed by atoms with Crippen LogP contribution in [0.25, 0.3) is 11.1 Å². The van der Waals surface area contributed by atoms with Crippen LogP contribution < -0.4 is 10.5 Å². The van der Waals surface area contributed by atoms with Gasteiger partial charge in [0, 0.05) is 43.9 Å². The number of nitrogens with two attached hydrogens (primary N) is 1. The fraction of sp³-hybridized carbons (Fsp3) is 0.400. The number of hydrogen-bond acceptors (Lipinski definition) is 4. The molecule has 1 aliphatic heterocycles. The largest absolute Gasteiger partial charge is 0.493 e. The lowest BCUT2D eigenvalue weighted by atomic mass is 9.89. The normalized spacial score (nSPS) is 19.3. The summed E-state index contributed by atoms with van der Waals surface area (Å²) in [6.07, 6.45) is 1.43. The van der Waals surface area contributed by atoms with Crippen LogP contribution in [-0.4, -0.2) is 49.8 Å². The van der Waals surface area contributed by atoms with Gasteiger partial charge in [-0.25, -0.2) is 9.98 Å². The Hall–Kier alpha value is -2.67. The second-order valence-electron chi connectivity index (χ2n) is 6.65. The quantitative estimate of drug-likeness (QED) is 0.496. The van der Waals surface area contributed by atoms with Crippen LogP contribution >= 0.6 is 0 Å². The summed E-state index contributed by atoms with van der Waals surface area (Å²) in [5.41, 5.74) is 8.13. The monoisotopic (exact) mass is 372 g/mol. The summed E-state index contributed by atoms with van der Waals surface area (Å²) in [6, 6.07) is 8.77. The number of guanidine groups is 1. The molecule has 1 aromatic heterocycles. The maximum absolute atomic E-state index is 14.1. The number of aliphatic imine (C=N–C) groups is 1. The van der Waals surface area contributed by atoms with Gasteiger partial charge in [-0.3, -0.25) is 0 Å². The van der Waals surface area contributed by atoms with Crippen LogP contribution in [0.4, 0.5) is 4.39 Å². The van der Waals surface area contributed by atoms with E-state index in [0.717, 1.165) is 16.9 Å². The predicted octanol–water partition coefficient (Wildman–Crippen LogP) is 2.85. The minimum absolute atomic E-state index is 0.0185. The van der Waals surface area contributed by atoms with Gasteiger partial charge in [-0.05, 0) is 36.8 Å². The molecular formula is C20H25FN4O2. The lowest BCUT2D eigenvalue weighted by molar-refractivity contribution is 0.0657. The molecule has 2 N–H and O–H groups in total. The molecule has 2 heterocycles. The molecular weight excluding hydrogens is 347 g/mol. The maximum atomic E-state index is 14.1. The second kappa shape index (κ2) is 8.35. The third-order valence-corrected chi connectivity index (χ3v) is 4.56. The smallest absolute Gasteiger partial charge is 0.220 e. The van der Waals surface area contributed by atoms with Crippen LogP contribution in [0.3, 0.4) is 0 Å². The molecule has 27 heavy (non-hydrogen) atoms. The Balaban J connectivity index is 2.05. The molecule has 2 aromatic rings. The van der Waals surface area contributed by atoms with Crippen molar-refractivity contribution in [3.63, 3.8) is 0 Å². The molecule has 0 saturated carbocycles. The van der Waals surface area contributed by atoms with Gasteiger partial charge in [-0.2, -0.15) is 4.39 Å². The molecule has 0 spiro atoms. The van der Waals surface area contributed by atoms with Crippen LogP contribution in [0.1, 0.15) is 18.5 Å². The van der Waals surface area contributed by atoms with E-state index in [1.165, 1.54) is 6.20 Å². The van der Waals surface area contributed by atoms with Gasteiger partial charge in [-0.1, -0.05) is 6.07 Å². The van der Waals surface area contributed by atoms with Crippen molar-refractivity contribution in [2.24, 2.45) is 16.6 Å². The van der Waals surface area contributed by atoms with Crippen LogP contribution in [0.15, 0.2) is 41.5 Å². The number of benzene rings is 1. The molecule has 0 amide bonds. The van der Waals surface area contributed by atoms with Crippen molar-refractivity contribution in [1.82, 2.24) is 9.88 Å². The zero-order chi connectivity index (χ0) is 19.4. The molecule has 6 nitrogen and oxygen atoms in total. The van der Waals surface area contributed by atoms with Gasteiger partial charge in [0.15, 0.2) is 5.96 Å². The topological polar surface area (TPSA) is 73.0 Å². The second-order valence-corrected chi connectivity index (χ2v) is 6.65. The first-order valence-electron chi connectivity index (χ1n) is 8.97. The Morgan fingerprint density at radius 2 is 2.22 bits per heavy atom. The molecule has 0 aliphatic carbocycles. The Kier molecular flexibility index (Phi) is 5.91. The van der Waals surface area contributed by atoms with Gasteiger partial charge in [0.25, 0.3) is 0 Å². The highest BCUT2D eigenvalue weighted by atomic mass is 19.1. The number of pyridine rings is 1. The van der Waals surface area contributed by atoms with Gasteiger partial charge < -0.3 is 20.1 Å². The van der Waals surface area contributed by atoms with Crippen molar-refractivity contribution in [3.05, 3.63) is 48.0 Å². The molecule has 0 saturated heterocycles. The van der Waals surface area contributed by atoms with Gasteiger partial charge in [0.2, 0.25) is 5.95 Å². The molecule has 0 unspecified atom stereocenters. The van der Waals surface area contributed by atoms with Gasteiger partial charge >= 0.3 is 0 Å². The number of fused-ring (bicyclic) bond motifs is 1. The van der Waals surface area contributed by atoms with Gasteiger partial charge in [0.05, 0.1) is 19.3 Å². The number of ether oxygens (including phenoxy) is 2. The number of aromatic nitrogens is 1. The first kappa shape index (κ1) is 19.1. The van der Waals surface area contributed by atoms with E-state index in [2.05, 4.69) is 4.98 Å². The molecule has 0 fully saturated rings. The molecule has 144 valence electrons. The number of halogens is 1. The van der Waals surface area contributed by atoms with Crippen molar-refractivity contribution in [1.29, 1.82) is 0 Å². The summed E-state index contributed by atoms with van der Waals surface area (Å²) in [6.45, 7) is 3.57. The van der Waals surface area contributed by atoms with Crippen LogP contribution in [0.2, 0.25) is 0 Å². The zero-order valence-electron chi connectivity index (χ0n) is 15.9. The summed E-state index contributed by atoms with van der Waals surface area (Å²) in [7, 11) is 3.69. The van der Waals surface area contributed by atoms with Crippen LogP contribution in [0, 0.1) is 11.9 Å². The molecule has 1 aliphatic rings. The van der Waals surface area contributed by atoms with E-state index in [1.54, 1.807) is 17.0 Å². The van der Waals surface area contributed by atoms with Gasteiger partial charge in [0.1, 0.15) is 5.75 Å². The molecule has 7 heteroatoms. The van der Waals surface area contributed by atoms with Crippen molar-refractivity contribution < 1.29 is 13.9 Å². The number of nitrogens with zero attached hydrogens (tertiary/aromatic N) is 3. The standard InChI is InChI=1S/C20H25FN4O2/c1-4-26-11-14-12-27-17-8-7-13(15-6-5-9-23-19(15)21)10-16(17)18(14)24-20(22)25(2)3/h5-10,14,18H,4,11-12H2,1-3H3,(H2,22,24)/t14-,18-/m1/s1. The highest BCUT2D eigenvalue weighted by Gasteiger charge is 2.32. The van der Waals surface area contributed by atoms with E-state index < -0.39 is 5.95 Å². The Labute approximate surface area is 158 Å². The Morgan fingerprint density at radius 1 is 1.41 bits per heavy atom. The Morgan fingerprint density at radius 3 is 2.93 bits per heavy atom. The lowest BCUT2D eigenvalue weighted by Gasteiger charge is -2.32. The number of hydrogen-bond donors (Lipinski definition) is 1. The zero-order valence-corrected chi connectivity index (χ0v) is 15.9. The van der Waals surface area contributed by atoms with Crippen LogP contribution in [0.5, 0.6) is 5.75 Å². The van der Waals surface area contributed by atoms with E-state index in [-0.39, 0.29) is 12.0 Å². The first-order valence-corrected chi connectivity index (χ1v) is 8.97. The number of rotatable bonds is 5. The minimum Gasteiger partial charge on any atom is -0.493 e. The maximum Gasteiger partial charge on any atom is 0.220 e. The summed E-state index contributed by atoms with van der Waals surface area (Å²) in [5.74, 6) is 0.668. The molecule has 1 aromatic carbocycles. The van der Waals surface area contributed by atoms with Crippen molar-refractivity contribution >= 4 is 5.96 Å². The highest BCUT2D eigenvalue weighted by molar-refractivity contribution is 5.78. The summed E-state index contributed by atoms with van der Waals surface area (Å²) in [4.78, 5) is 10.2.